The SMILES string of the molecule is O=C(N[C@@H]1CN(C(=O)c2[nH]nc3c2CCc2ccccc2-3)CC[C@@H]1CO)c1ccccc1. The van der Waals surface area contributed by atoms with Crippen molar-refractivity contribution in [3.63, 3.8) is 0 Å². The van der Waals surface area contributed by atoms with Crippen molar-refractivity contribution in [2.24, 2.45) is 5.92 Å². The number of rotatable bonds is 4. The highest BCUT2D eigenvalue weighted by atomic mass is 16.3. The van der Waals surface area contributed by atoms with Crippen LogP contribution in [0, 0.1) is 5.92 Å². The van der Waals surface area contributed by atoms with Crippen LogP contribution in [0.4, 0.5) is 0 Å². The predicted molar refractivity (Wildman–Crippen MR) is 120 cm³/mol. The molecule has 2 amide bonds. The molecule has 0 saturated carbocycles. The summed E-state index contributed by atoms with van der Waals surface area (Å²) < 4.78 is 0. The smallest absolute Gasteiger partial charge is 0.272 e. The van der Waals surface area contributed by atoms with E-state index in [1.165, 1.54) is 5.56 Å². The number of aliphatic hydroxyl groups is 1. The van der Waals surface area contributed by atoms with Crippen LogP contribution in [0.25, 0.3) is 11.3 Å². The number of carbonyl (C=O) groups is 2. The van der Waals surface area contributed by atoms with E-state index in [0.717, 1.165) is 29.7 Å². The third-order valence-electron chi connectivity index (χ3n) is 6.63. The molecule has 1 aliphatic carbocycles. The lowest BCUT2D eigenvalue weighted by atomic mass is 9.88. The molecule has 32 heavy (non-hydrogen) atoms. The van der Waals surface area contributed by atoms with Gasteiger partial charge >= 0.3 is 0 Å². The van der Waals surface area contributed by atoms with E-state index in [2.05, 4.69) is 21.6 Å². The molecule has 2 aliphatic rings. The van der Waals surface area contributed by atoms with Crippen LogP contribution in [-0.4, -0.2) is 57.8 Å². The summed E-state index contributed by atoms with van der Waals surface area (Å²) in [6.45, 7) is 0.858. The lowest BCUT2D eigenvalue weighted by Crippen LogP contribution is -2.55. The normalized spacial score (nSPS) is 19.7. The van der Waals surface area contributed by atoms with Gasteiger partial charge in [-0.3, -0.25) is 14.7 Å². The molecule has 2 atom stereocenters. The van der Waals surface area contributed by atoms with E-state index in [0.29, 0.717) is 30.8 Å². The number of aryl methyl sites for hydroxylation is 1. The van der Waals surface area contributed by atoms with Gasteiger partial charge in [0.1, 0.15) is 5.69 Å². The number of nitrogens with one attached hydrogen (secondary N) is 2. The van der Waals surface area contributed by atoms with E-state index >= 15 is 0 Å². The number of fused-ring (bicyclic) bond motifs is 3. The molecule has 1 fully saturated rings. The van der Waals surface area contributed by atoms with Crippen LogP contribution in [-0.2, 0) is 12.8 Å². The van der Waals surface area contributed by atoms with Crippen LogP contribution in [0.3, 0.4) is 0 Å². The minimum absolute atomic E-state index is 0.0298. The minimum atomic E-state index is -0.315. The van der Waals surface area contributed by atoms with Gasteiger partial charge in [0.25, 0.3) is 11.8 Å². The average molecular weight is 431 g/mol. The monoisotopic (exact) mass is 430 g/mol. The van der Waals surface area contributed by atoms with Gasteiger partial charge in [-0.2, -0.15) is 5.10 Å². The third kappa shape index (κ3) is 3.69. The molecule has 3 aromatic rings. The number of carbonyl (C=O) groups excluding carboxylic acids is 2. The summed E-state index contributed by atoms with van der Waals surface area (Å²) >= 11 is 0. The molecule has 0 spiro atoms. The molecule has 164 valence electrons. The van der Waals surface area contributed by atoms with Crippen molar-refractivity contribution in [1.29, 1.82) is 0 Å². The second-order valence-electron chi connectivity index (χ2n) is 8.51. The Morgan fingerprint density at radius 3 is 2.69 bits per heavy atom. The van der Waals surface area contributed by atoms with Crippen molar-refractivity contribution in [2.75, 3.05) is 19.7 Å². The minimum Gasteiger partial charge on any atom is -0.396 e. The van der Waals surface area contributed by atoms with E-state index < -0.39 is 0 Å². The Morgan fingerprint density at radius 2 is 1.88 bits per heavy atom. The van der Waals surface area contributed by atoms with Gasteiger partial charge in [-0.05, 0) is 37.0 Å². The number of hydrogen-bond donors (Lipinski definition) is 3. The molecule has 2 heterocycles. The lowest BCUT2D eigenvalue weighted by molar-refractivity contribution is 0.0536. The standard InChI is InChI=1S/C25H26N4O3/c30-15-18-12-13-29(14-21(18)26-24(31)17-7-2-1-3-8-17)25(32)23-20-11-10-16-6-4-5-9-19(16)22(20)27-28-23/h1-9,18,21,30H,10-15H2,(H,26,31)(H,27,28)/t18-,21-/m1/s1. The van der Waals surface area contributed by atoms with Crippen LogP contribution < -0.4 is 5.32 Å². The van der Waals surface area contributed by atoms with E-state index in [9.17, 15) is 14.7 Å². The van der Waals surface area contributed by atoms with Crippen LogP contribution in [0.5, 0.6) is 0 Å². The number of aromatic nitrogens is 2. The van der Waals surface area contributed by atoms with E-state index in [-0.39, 0.29) is 30.4 Å². The second-order valence-corrected chi connectivity index (χ2v) is 8.51. The fraction of sp³-hybridized carbons (Fsp3) is 0.320. The van der Waals surface area contributed by atoms with Gasteiger partial charge in [-0.15, -0.1) is 0 Å². The predicted octanol–water partition coefficient (Wildman–Crippen LogP) is 2.43. The maximum Gasteiger partial charge on any atom is 0.272 e. The Hall–Kier alpha value is -3.45. The van der Waals surface area contributed by atoms with Crippen molar-refractivity contribution in [3.05, 3.63) is 77.0 Å². The Kier molecular flexibility index (Phi) is 5.49. The van der Waals surface area contributed by atoms with E-state index in [1.807, 2.05) is 36.4 Å². The summed E-state index contributed by atoms with van der Waals surface area (Å²) in [5, 5.41) is 20.3. The van der Waals surface area contributed by atoms with Gasteiger partial charge in [0.05, 0.1) is 11.7 Å². The van der Waals surface area contributed by atoms with Crippen molar-refractivity contribution >= 4 is 11.8 Å². The molecular weight excluding hydrogens is 404 g/mol. The molecule has 0 bridgehead atoms. The van der Waals surface area contributed by atoms with Gasteiger partial charge in [0, 0.05) is 42.3 Å². The maximum atomic E-state index is 13.4. The number of amides is 2. The summed E-state index contributed by atoms with van der Waals surface area (Å²) in [5.41, 5.74) is 5.24. The first-order valence-electron chi connectivity index (χ1n) is 11.1. The first-order chi connectivity index (χ1) is 15.7. The quantitative estimate of drug-likeness (QED) is 0.592. The third-order valence-corrected chi connectivity index (χ3v) is 6.63. The maximum absolute atomic E-state index is 13.4. The fourth-order valence-corrected chi connectivity index (χ4v) is 4.80. The number of hydrogen-bond acceptors (Lipinski definition) is 4. The molecular formula is C25H26N4O3. The van der Waals surface area contributed by atoms with Gasteiger partial charge in [0.15, 0.2) is 0 Å². The zero-order chi connectivity index (χ0) is 22.1. The molecule has 1 aliphatic heterocycles. The van der Waals surface area contributed by atoms with Crippen molar-refractivity contribution in [3.8, 4) is 11.3 Å². The summed E-state index contributed by atoms with van der Waals surface area (Å²) in [4.78, 5) is 27.9. The number of H-pyrrole nitrogens is 1. The van der Waals surface area contributed by atoms with Crippen LogP contribution in [0.1, 0.15) is 38.4 Å². The first kappa shape index (κ1) is 20.5. The lowest BCUT2D eigenvalue weighted by Gasteiger charge is -2.38. The number of aliphatic hydroxyl groups excluding tert-OH is 1. The number of piperidine rings is 1. The summed E-state index contributed by atoms with van der Waals surface area (Å²) in [7, 11) is 0. The van der Waals surface area contributed by atoms with Crippen LogP contribution in [0.2, 0.25) is 0 Å². The Bertz CT molecular complexity index is 1140. The van der Waals surface area contributed by atoms with Crippen LogP contribution in [0.15, 0.2) is 54.6 Å². The highest BCUT2D eigenvalue weighted by molar-refractivity contribution is 5.96. The molecule has 0 radical (unpaired) electrons. The van der Waals surface area contributed by atoms with Crippen molar-refractivity contribution < 1.29 is 14.7 Å². The Morgan fingerprint density at radius 1 is 1.09 bits per heavy atom. The zero-order valence-corrected chi connectivity index (χ0v) is 17.8. The van der Waals surface area contributed by atoms with Crippen molar-refractivity contribution in [1.82, 2.24) is 20.4 Å². The van der Waals surface area contributed by atoms with Gasteiger partial charge in [0.2, 0.25) is 0 Å². The summed E-state index contributed by atoms with van der Waals surface area (Å²) in [6, 6.07) is 16.8. The molecule has 1 saturated heterocycles. The zero-order valence-electron chi connectivity index (χ0n) is 17.8. The van der Waals surface area contributed by atoms with Gasteiger partial charge in [-0.25, -0.2) is 0 Å². The number of aromatic amines is 1. The Labute approximate surface area is 186 Å². The van der Waals surface area contributed by atoms with E-state index in [1.54, 1.807) is 17.0 Å². The summed E-state index contributed by atoms with van der Waals surface area (Å²) in [6.07, 6.45) is 2.28. The second kappa shape index (κ2) is 8.59. The summed E-state index contributed by atoms with van der Waals surface area (Å²) in [5.74, 6) is -0.387. The molecule has 5 rings (SSSR count). The van der Waals surface area contributed by atoms with E-state index in [4.69, 9.17) is 0 Å². The molecule has 2 aromatic carbocycles. The largest absolute Gasteiger partial charge is 0.396 e. The first-order valence-corrected chi connectivity index (χ1v) is 11.1. The molecule has 0 unspecified atom stereocenters. The van der Waals surface area contributed by atoms with Crippen LogP contribution >= 0.6 is 0 Å². The fourth-order valence-electron chi connectivity index (χ4n) is 4.80. The highest BCUT2D eigenvalue weighted by Gasteiger charge is 2.35. The van der Waals surface area contributed by atoms with Crippen molar-refractivity contribution in [2.45, 2.75) is 25.3 Å². The molecule has 7 heteroatoms. The van der Waals surface area contributed by atoms with Gasteiger partial charge in [-0.1, -0.05) is 42.5 Å². The molecule has 1 aromatic heterocycles. The topological polar surface area (TPSA) is 98.3 Å². The van der Waals surface area contributed by atoms with Gasteiger partial charge < -0.3 is 15.3 Å². The molecule has 3 N–H and O–H groups in total. The average Bonchev–Trinajstić information content (AvgIpc) is 3.29. The number of nitrogens with zero attached hydrogens (tertiary/aromatic N) is 2. The Balaban J connectivity index is 1.35. The molecule has 7 nitrogen and oxygen atoms in total. The number of likely N-dealkylation sites (tertiary alicyclic amines) is 1. The number of benzene rings is 2. The highest BCUT2D eigenvalue weighted by Crippen LogP contribution is 2.34.